The number of anilines is 1. The molecule has 0 radical (unpaired) electrons. The van der Waals surface area contributed by atoms with E-state index >= 15 is 0 Å². The predicted molar refractivity (Wildman–Crippen MR) is 166 cm³/mol. The van der Waals surface area contributed by atoms with E-state index in [4.69, 9.17) is 21.3 Å². The van der Waals surface area contributed by atoms with Crippen molar-refractivity contribution in [1.29, 1.82) is 0 Å². The fourth-order valence-electron chi connectivity index (χ4n) is 5.19. The lowest BCUT2D eigenvalue weighted by Crippen LogP contribution is -2.40. The van der Waals surface area contributed by atoms with E-state index in [1.165, 1.54) is 11.3 Å². The molecule has 0 fully saturated rings. The molecule has 0 spiro atoms. The summed E-state index contributed by atoms with van der Waals surface area (Å²) >= 11 is 7.49. The van der Waals surface area contributed by atoms with Crippen molar-refractivity contribution in [2.45, 2.75) is 46.8 Å². The normalized spacial score (nSPS) is 15.2. The lowest BCUT2D eigenvalue weighted by Gasteiger charge is -2.25. The molecule has 5 rings (SSSR count). The maximum absolute atomic E-state index is 14.0. The number of thiazole rings is 1. The fourth-order valence-corrected chi connectivity index (χ4v) is 6.36. The molecule has 1 aliphatic heterocycles. The van der Waals surface area contributed by atoms with Crippen LogP contribution in [0.4, 0.5) is 5.69 Å². The number of esters is 1. The molecule has 1 atom stereocenters. The summed E-state index contributed by atoms with van der Waals surface area (Å²) < 4.78 is 9.90. The number of benzene rings is 2. The standard InChI is InChI=1S/C32H33ClN4O3S/c1-18(2)40-31(39)28-20(4)34-32-37(29(28)22-8-10-24(33)11-9-22)30(38)27(41-32)17-23-16-19(3)36(21(23)5)26-14-12-25(13-15-26)35(6)7/h8-18,29H,1-7H3/b27-17+/t29-/m0/s1. The van der Waals surface area contributed by atoms with Crippen molar-refractivity contribution in [2.75, 3.05) is 19.0 Å². The highest BCUT2D eigenvalue weighted by Gasteiger charge is 2.33. The van der Waals surface area contributed by atoms with Gasteiger partial charge in [-0.1, -0.05) is 35.1 Å². The Morgan fingerprint density at radius 1 is 1.07 bits per heavy atom. The molecule has 3 heterocycles. The first-order valence-corrected chi connectivity index (χ1v) is 14.6. The van der Waals surface area contributed by atoms with Gasteiger partial charge >= 0.3 is 5.97 Å². The first-order valence-electron chi connectivity index (χ1n) is 13.4. The summed E-state index contributed by atoms with van der Waals surface area (Å²) in [6.07, 6.45) is 1.61. The van der Waals surface area contributed by atoms with Crippen LogP contribution in [0, 0.1) is 13.8 Å². The number of ether oxygens (including phenoxy) is 1. The number of aryl methyl sites for hydroxylation is 1. The molecular weight excluding hydrogens is 556 g/mol. The van der Waals surface area contributed by atoms with E-state index < -0.39 is 12.0 Å². The average Bonchev–Trinajstić information content (AvgIpc) is 3.37. The Morgan fingerprint density at radius 2 is 1.73 bits per heavy atom. The van der Waals surface area contributed by atoms with E-state index in [9.17, 15) is 9.59 Å². The van der Waals surface area contributed by atoms with Crippen LogP contribution in [-0.2, 0) is 9.53 Å². The number of hydrogen-bond acceptors (Lipinski definition) is 6. The predicted octanol–water partition coefficient (Wildman–Crippen LogP) is 5.31. The van der Waals surface area contributed by atoms with Crippen LogP contribution in [0.15, 0.2) is 75.7 Å². The van der Waals surface area contributed by atoms with E-state index in [2.05, 4.69) is 53.6 Å². The Kier molecular flexibility index (Phi) is 7.81. The van der Waals surface area contributed by atoms with Crippen LogP contribution < -0.4 is 19.8 Å². The van der Waals surface area contributed by atoms with Crippen molar-refractivity contribution in [3.63, 3.8) is 0 Å². The first kappa shape index (κ1) is 28.6. The van der Waals surface area contributed by atoms with Gasteiger partial charge in [-0.3, -0.25) is 9.36 Å². The fraction of sp³-hybridized carbons (Fsp3) is 0.281. The monoisotopic (exact) mass is 588 g/mol. The van der Waals surface area contributed by atoms with Gasteiger partial charge in [-0.15, -0.1) is 0 Å². The molecule has 0 saturated carbocycles. The summed E-state index contributed by atoms with van der Waals surface area (Å²) in [6.45, 7) is 9.49. The summed E-state index contributed by atoms with van der Waals surface area (Å²) in [5, 5.41) is 0.569. The maximum atomic E-state index is 14.0. The number of hydrogen-bond donors (Lipinski definition) is 0. The molecule has 1 aliphatic rings. The Balaban J connectivity index is 1.65. The highest BCUT2D eigenvalue weighted by Crippen LogP contribution is 2.32. The molecule has 2 aromatic carbocycles. The van der Waals surface area contributed by atoms with Crippen LogP contribution >= 0.6 is 22.9 Å². The van der Waals surface area contributed by atoms with Crippen LogP contribution in [-0.4, -0.2) is 35.3 Å². The van der Waals surface area contributed by atoms with Crippen molar-refractivity contribution < 1.29 is 9.53 Å². The topological polar surface area (TPSA) is 68.8 Å². The number of carbonyl (C=O) groups excluding carboxylic acids is 1. The lowest BCUT2D eigenvalue weighted by molar-refractivity contribution is -0.143. The molecule has 0 saturated heterocycles. The van der Waals surface area contributed by atoms with Crippen molar-refractivity contribution in [3.05, 3.63) is 113 Å². The average molecular weight is 589 g/mol. The SMILES string of the molecule is CC1=C(C(=O)OC(C)C)[C@H](c2ccc(Cl)cc2)n2c(s/c(=C/c3cc(C)n(-c4ccc(N(C)C)cc4)c3C)c2=O)=N1. The van der Waals surface area contributed by atoms with Crippen LogP contribution in [0.5, 0.6) is 0 Å². The zero-order chi connectivity index (χ0) is 29.6. The molecule has 2 aromatic heterocycles. The van der Waals surface area contributed by atoms with Gasteiger partial charge in [-0.25, -0.2) is 9.79 Å². The van der Waals surface area contributed by atoms with Crippen LogP contribution in [0.2, 0.25) is 5.02 Å². The Hall–Kier alpha value is -3.88. The van der Waals surface area contributed by atoms with E-state index in [1.807, 2.05) is 32.3 Å². The molecule has 0 aliphatic carbocycles. The van der Waals surface area contributed by atoms with E-state index in [-0.39, 0.29) is 11.7 Å². The van der Waals surface area contributed by atoms with E-state index in [1.54, 1.807) is 37.5 Å². The molecule has 0 unspecified atom stereocenters. The quantitative estimate of drug-likeness (QED) is 0.286. The number of nitrogens with zero attached hydrogens (tertiary/aromatic N) is 4. The van der Waals surface area contributed by atoms with Gasteiger partial charge in [0.25, 0.3) is 5.56 Å². The van der Waals surface area contributed by atoms with Gasteiger partial charge in [0.2, 0.25) is 0 Å². The summed E-state index contributed by atoms with van der Waals surface area (Å²) in [7, 11) is 4.04. The van der Waals surface area contributed by atoms with Crippen LogP contribution in [0.25, 0.3) is 11.8 Å². The largest absolute Gasteiger partial charge is 0.459 e. The zero-order valence-corrected chi connectivity index (χ0v) is 25.8. The minimum absolute atomic E-state index is 0.212. The van der Waals surface area contributed by atoms with Crippen molar-refractivity contribution in [2.24, 2.45) is 4.99 Å². The molecule has 0 bridgehead atoms. The second-order valence-corrected chi connectivity index (χ2v) is 12.1. The third-order valence-electron chi connectivity index (χ3n) is 7.15. The van der Waals surface area contributed by atoms with Gasteiger partial charge < -0.3 is 14.2 Å². The second kappa shape index (κ2) is 11.2. The smallest absolute Gasteiger partial charge is 0.338 e. The summed E-state index contributed by atoms with van der Waals surface area (Å²) in [4.78, 5) is 34.6. The molecule has 41 heavy (non-hydrogen) atoms. The van der Waals surface area contributed by atoms with Gasteiger partial charge in [-0.2, -0.15) is 0 Å². The van der Waals surface area contributed by atoms with Gasteiger partial charge in [0, 0.05) is 41.9 Å². The number of rotatable bonds is 6. The Labute approximate surface area is 248 Å². The third kappa shape index (κ3) is 5.42. The van der Waals surface area contributed by atoms with Crippen molar-refractivity contribution in [3.8, 4) is 5.69 Å². The van der Waals surface area contributed by atoms with Gasteiger partial charge in [-0.05, 0) is 94.3 Å². The van der Waals surface area contributed by atoms with E-state index in [0.29, 0.717) is 25.6 Å². The molecule has 4 aromatic rings. The number of carbonyl (C=O) groups is 1. The Morgan fingerprint density at radius 3 is 2.34 bits per heavy atom. The Bertz CT molecular complexity index is 1840. The molecule has 9 heteroatoms. The number of aromatic nitrogens is 2. The minimum atomic E-state index is -0.681. The van der Waals surface area contributed by atoms with E-state index in [0.717, 1.165) is 33.9 Å². The van der Waals surface area contributed by atoms with Crippen molar-refractivity contribution >= 4 is 40.7 Å². The number of allylic oxidation sites excluding steroid dienone is 1. The van der Waals surface area contributed by atoms with Gasteiger partial charge in [0.15, 0.2) is 4.80 Å². The highest BCUT2D eigenvalue weighted by atomic mass is 35.5. The summed E-state index contributed by atoms with van der Waals surface area (Å²) in [5.74, 6) is -0.487. The third-order valence-corrected chi connectivity index (χ3v) is 8.39. The molecule has 0 N–H and O–H groups in total. The minimum Gasteiger partial charge on any atom is -0.459 e. The second-order valence-electron chi connectivity index (χ2n) is 10.7. The summed E-state index contributed by atoms with van der Waals surface area (Å²) in [6, 6.07) is 17.0. The molecular formula is C32H33ClN4O3S. The molecule has 212 valence electrons. The molecule has 0 amide bonds. The van der Waals surface area contributed by atoms with Crippen molar-refractivity contribution in [1.82, 2.24) is 9.13 Å². The maximum Gasteiger partial charge on any atom is 0.338 e. The number of halogens is 1. The zero-order valence-electron chi connectivity index (χ0n) is 24.2. The number of fused-ring (bicyclic) bond motifs is 1. The summed E-state index contributed by atoms with van der Waals surface area (Å²) in [5.41, 5.74) is 6.63. The molecule has 7 nitrogen and oxygen atoms in total. The lowest BCUT2D eigenvalue weighted by atomic mass is 9.96. The van der Waals surface area contributed by atoms with Crippen LogP contribution in [0.1, 0.15) is 49.3 Å². The highest BCUT2D eigenvalue weighted by molar-refractivity contribution is 7.07. The van der Waals surface area contributed by atoms with Crippen LogP contribution in [0.3, 0.4) is 0 Å². The van der Waals surface area contributed by atoms with Gasteiger partial charge in [0.1, 0.15) is 0 Å². The first-order chi connectivity index (χ1) is 19.5. The van der Waals surface area contributed by atoms with Gasteiger partial charge in [0.05, 0.1) is 27.9 Å².